The van der Waals surface area contributed by atoms with Gasteiger partial charge in [0.25, 0.3) is 5.24 Å². The van der Waals surface area contributed by atoms with Gasteiger partial charge in [-0.3, -0.25) is 4.79 Å². The van der Waals surface area contributed by atoms with Crippen molar-refractivity contribution < 1.29 is 9.18 Å². The van der Waals surface area contributed by atoms with Crippen LogP contribution < -0.4 is 0 Å². The van der Waals surface area contributed by atoms with Crippen molar-refractivity contribution >= 4 is 16.8 Å². The van der Waals surface area contributed by atoms with Crippen molar-refractivity contribution in [3.8, 4) is 0 Å². The quantitative estimate of drug-likeness (QED) is 0.542. The zero-order chi connectivity index (χ0) is 7.56. The second-order valence-electron chi connectivity index (χ2n) is 2.36. The number of hydrogen-bond donors (Lipinski definition) is 0. The normalized spacial score (nSPS) is 19.4. The van der Waals surface area contributed by atoms with Crippen molar-refractivity contribution in [3.63, 3.8) is 0 Å². The molecule has 1 aliphatic carbocycles. The molecule has 0 heterocycles. The fraction of sp³-hybridized carbons (Fsp3) is 0.571. The van der Waals surface area contributed by atoms with Gasteiger partial charge < -0.3 is 0 Å². The molecule has 0 N–H and O–H groups in total. The Labute approximate surface area is 63.9 Å². The third kappa shape index (κ3) is 1.57. The van der Waals surface area contributed by atoms with Crippen LogP contribution in [-0.4, -0.2) is 5.24 Å². The van der Waals surface area contributed by atoms with E-state index in [2.05, 4.69) is 0 Å². The van der Waals surface area contributed by atoms with Crippen molar-refractivity contribution in [1.29, 1.82) is 0 Å². The summed E-state index contributed by atoms with van der Waals surface area (Å²) < 4.78 is 12.7. The highest BCUT2D eigenvalue weighted by Gasteiger charge is 2.16. The lowest BCUT2D eigenvalue weighted by atomic mass is 9.99. The third-order valence-electron chi connectivity index (χ3n) is 1.64. The van der Waals surface area contributed by atoms with Crippen LogP contribution in [-0.2, 0) is 4.79 Å². The molecule has 3 heteroatoms. The lowest BCUT2D eigenvalue weighted by Crippen LogP contribution is -2.02. The van der Waals surface area contributed by atoms with E-state index in [0.29, 0.717) is 12.8 Å². The summed E-state index contributed by atoms with van der Waals surface area (Å²) in [6.45, 7) is 0. The molecule has 0 aliphatic heterocycles. The molecule has 0 fully saturated rings. The van der Waals surface area contributed by atoms with Crippen LogP contribution in [0.4, 0.5) is 4.39 Å². The molecule has 56 valence electrons. The van der Waals surface area contributed by atoms with Gasteiger partial charge >= 0.3 is 0 Å². The topological polar surface area (TPSA) is 17.1 Å². The highest BCUT2D eigenvalue weighted by molar-refractivity contribution is 6.67. The van der Waals surface area contributed by atoms with E-state index in [1.807, 2.05) is 0 Å². The van der Waals surface area contributed by atoms with Gasteiger partial charge in [-0.2, -0.15) is 0 Å². The van der Waals surface area contributed by atoms with Gasteiger partial charge in [-0.15, -0.1) is 0 Å². The number of carbonyl (C=O) groups excluding carboxylic acids is 1. The zero-order valence-corrected chi connectivity index (χ0v) is 6.25. The van der Waals surface area contributed by atoms with Gasteiger partial charge in [-0.05, 0) is 37.3 Å². The largest absolute Gasteiger partial charge is 0.276 e. The van der Waals surface area contributed by atoms with Crippen LogP contribution in [0.25, 0.3) is 0 Å². The molecule has 0 aromatic rings. The maximum absolute atomic E-state index is 12.7. The molecule has 10 heavy (non-hydrogen) atoms. The van der Waals surface area contributed by atoms with Crippen molar-refractivity contribution in [3.05, 3.63) is 11.4 Å². The number of rotatable bonds is 1. The van der Waals surface area contributed by atoms with Crippen LogP contribution >= 0.6 is 11.6 Å². The van der Waals surface area contributed by atoms with Gasteiger partial charge in [0, 0.05) is 5.57 Å². The van der Waals surface area contributed by atoms with E-state index in [0.717, 1.165) is 12.8 Å². The van der Waals surface area contributed by atoms with E-state index in [9.17, 15) is 9.18 Å². The molecule has 0 saturated carbocycles. The molecule has 0 unspecified atom stereocenters. The Kier molecular flexibility index (Phi) is 2.44. The number of allylic oxidation sites excluding steroid dienone is 2. The second kappa shape index (κ2) is 3.15. The fourth-order valence-corrected chi connectivity index (χ4v) is 1.27. The summed E-state index contributed by atoms with van der Waals surface area (Å²) in [6.07, 6.45) is 2.60. The number of halogens is 2. The summed E-state index contributed by atoms with van der Waals surface area (Å²) in [7, 11) is 0. The minimum Gasteiger partial charge on any atom is -0.276 e. The van der Waals surface area contributed by atoms with Gasteiger partial charge in [0.2, 0.25) is 0 Å². The molecule has 0 radical (unpaired) electrons. The summed E-state index contributed by atoms with van der Waals surface area (Å²) >= 11 is 5.11. The first-order valence-electron chi connectivity index (χ1n) is 3.29. The van der Waals surface area contributed by atoms with E-state index in [-0.39, 0.29) is 11.4 Å². The number of hydrogen-bond acceptors (Lipinski definition) is 1. The zero-order valence-electron chi connectivity index (χ0n) is 5.49. The first-order chi connectivity index (χ1) is 4.72. The Balaban J connectivity index is 2.78. The molecule has 0 bridgehead atoms. The first kappa shape index (κ1) is 7.73. The van der Waals surface area contributed by atoms with Crippen molar-refractivity contribution in [2.24, 2.45) is 0 Å². The summed E-state index contributed by atoms with van der Waals surface area (Å²) in [4.78, 5) is 10.5. The van der Waals surface area contributed by atoms with Crippen LogP contribution in [0.15, 0.2) is 11.4 Å². The molecule has 0 saturated heterocycles. The maximum Gasteiger partial charge on any atom is 0.250 e. The van der Waals surface area contributed by atoms with Crippen LogP contribution in [0.2, 0.25) is 0 Å². The van der Waals surface area contributed by atoms with E-state index in [4.69, 9.17) is 11.6 Å². The maximum atomic E-state index is 12.7. The van der Waals surface area contributed by atoms with Crippen LogP contribution in [0.5, 0.6) is 0 Å². The highest BCUT2D eigenvalue weighted by atomic mass is 35.5. The first-order valence-corrected chi connectivity index (χ1v) is 3.67. The van der Waals surface area contributed by atoms with E-state index in [1.54, 1.807) is 0 Å². The lowest BCUT2D eigenvalue weighted by Gasteiger charge is -2.10. The van der Waals surface area contributed by atoms with Crippen LogP contribution in [0, 0.1) is 0 Å². The van der Waals surface area contributed by atoms with Crippen LogP contribution in [0.3, 0.4) is 0 Å². The minimum absolute atomic E-state index is 0.188. The third-order valence-corrected chi connectivity index (χ3v) is 1.87. The monoisotopic (exact) mass is 162 g/mol. The van der Waals surface area contributed by atoms with E-state index >= 15 is 0 Å². The fourth-order valence-electron chi connectivity index (χ4n) is 1.07. The molecule has 1 rings (SSSR count). The molecule has 1 nitrogen and oxygen atoms in total. The van der Waals surface area contributed by atoms with Crippen molar-refractivity contribution in [1.82, 2.24) is 0 Å². The lowest BCUT2D eigenvalue weighted by molar-refractivity contribution is -0.108. The molecule has 1 aliphatic rings. The molecule has 0 aromatic heterocycles. The molecular formula is C7H8ClFO. The SMILES string of the molecule is O=C(Cl)C1=C(F)CCCC1. The molecule has 0 atom stereocenters. The molecule has 0 amide bonds. The Bertz CT molecular complexity index is 186. The van der Waals surface area contributed by atoms with E-state index in [1.165, 1.54) is 0 Å². The predicted octanol–water partition coefficient (Wildman–Crippen LogP) is 2.55. The Morgan fingerprint density at radius 2 is 2.00 bits per heavy atom. The summed E-state index contributed by atoms with van der Waals surface area (Å²) in [6, 6.07) is 0. The van der Waals surface area contributed by atoms with Gasteiger partial charge in [0.1, 0.15) is 5.83 Å². The van der Waals surface area contributed by atoms with Gasteiger partial charge in [-0.25, -0.2) is 4.39 Å². The molecule has 0 aromatic carbocycles. The molecular weight excluding hydrogens is 155 g/mol. The summed E-state index contributed by atoms with van der Waals surface area (Å²) in [5.74, 6) is -0.314. The van der Waals surface area contributed by atoms with Gasteiger partial charge in [0.05, 0.1) is 0 Å². The average molecular weight is 163 g/mol. The smallest absolute Gasteiger partial charge is 0.250 e. The minimum atomic E-state index is -0.628. The average Bonchev–Trinajstić information content (AvgIpc) is 1.88. The van der Waals surface area contributed by atoms with Gasteiger partial charge in [-0.1, -0.05) is 0 Å². The Hall–Kier alpha value is -0.370. The second-order valence-corrected chi connectivity index (χ2v) is 2.71. The Morgan fingerprint density at radius 3 is 2.40 bits per heavy atom. The number of carbonyl (C=O) groups is 1. The van der Waals surface area contributed by atoms with Crippen LogP contribution in [0.1, 0.15) is 25.7 Å². The van der Waals surface area contributed by atoms with Gasteiger partial charge in [0.15, 0.2) is 0 Å². The van der Waals surface area contributed by atoms with E-state index < -0.39 is 5.24 Å². The van der Waals surface area contributed by atoms with Crippen molar-refractivity contribution in [2.75, 3.05) is 0 Å². The van der Waals surface area contributed by atoms with Crippen molar-refractivity contribution in [2.45, 2.75) is 25.7 Å². The Morgan fingerprint density at radius 1 is 1.40 bits per heavy atom. The summed E-state index contributed by atoms with van der Waals surface area (Å²) in [5.41, 5.74) is 0.188. The highest BCUT2D eigenvalue weighted by Crippen LogP contribution is 2.26. The standard InChI is InChI=1S/C7H8ClFO/c8-7(10)5-3-1-2-4-6(5)9/h1-4H2. The molecule has 0 spiro atoms. The predicted molar refractivity (Wildman–Crippen MR) is 37.5 cm³/mol. The summed E-state index contributed by atoms with van der Waals surface area (Å²) in [5, 5.41) is -0.628.